The summed E-state index contributed by atoms with van der Waals surface area (Å²) < 4.78 is 0. The second-order valence-corrected chi connectivity index (χ2v) is 5.05. The first-order valence-electron chi connectivity index (χ1n) is 7.08. The molecule has 0 unspecified atom stereocenters. The maximum atomic E-state index is 4.54. The molecule has 0 aliphatic carbocycles. The molecule has 0 bridgehead atoms. The zero-order chi connectivity index (χ0) is 14.5. The van der Waals surface area contributed by atoms with Gasteiger partial charge in [0.05, 0.1) is 5.69 Å². The number of benzene rings is 2. The van der Waals surface area contributed by atoms with E-state index in [1.165, 1.54) is 16.7 Å². The predicted octanol–water partition coefficient (Wildman–Crippen LogP) is 4.98. The normalized spacial score (nSPS) is 11.4. The lowest BCUT2D eigenvalue weighted by Crippen LogP contribution is -1.92. The Labute approximate surface area is 125 Å². The van der Waals surface area contributed by atoms with Crippen LogP contribution in [0.1, 0.15) is 22.4 Å². The second kappa shape index (κ2) is 6.19. The summed E-state index contributed by atoms with van der Waals surface area (Å²) in [6, 6.07) is 24.9. The van der Waals surface area contributed by atoms with Crippen LogP contribution in [0.15, 0.2) is 79.0 Å². The van der Waals surface area contributed by atoms with Crippen LogP contribution < -0.4 is 0 Å². The Morgan fingerprint density at radius 2 is 1.52 bits per heavy atom. The maximum absolute atomic E-state index is 4.54. The molecule has 0 saturated heterocycles. The third kappa shape index (κ3) is 3.26. The Kier molecular flexibility index (Phi) is 3.92. The van der Waals surface area contributed by atoms with Crippen molar-refractivity contribution in [2.45, 2.75) is 6.92 Å². The fourth-order valence-corrected chi connectivity index (χ4v) is 2.32. The molecule has 1 aromatic heterocycles. The van der Waals surface area contributed by atoms with Gasteiger partial charge in [-0.1, -0.05) is 60.7 Å². The SMILES string of the molecule is Cc1ccnc(C(=Cc2ccccc2)c2ccccc2)c1. The molecule has 0 saturated carbocycles. The summed E-state index contributed by atoms with van der Waals surface area (Å²) in [6.07, 6.45) is 4.06. The average molecular weight is 271 g/mol. The van der Waals surface area contributed by atoms with Crippen LogP contribution >= 0.6 is 0 Å². The number of aryl methyl sites for hydroxylation is 1. The van der Waals surface area contributed by atoms with Gasteiger partial charge in [-0.2, -0.15) is 0 Å². The van der Waals surface area contributed by atoms with Gasteiger partial charge in [-0.15, -0.1) is 0 Å². The third-order valence-electron chi connectivity index (χ3n) is 3.39. The molecule has 0 fully saturated rings. The average Bonchev–Trinajstić information content (AvgIpc) is 2.54. The molecule has 0 spiro atoms. The quantitative estimate of drug-likeness (QED) is 0.612. The molecular formula is C20H17N. The van der Waals surface area contributed by atoms with Gasteiger partial charge in [0.25, 0.3) is 0 Å². The molecule has 0 atom stereocenters. The van der Waals surface area contributed by atoms with Crippen molar-refractivity contribution in [2.75, 3.05) is 0 Å². The highest BCUT2D eigenvalue weighted by molar-refractivity contribution is 5.90. The van der Waals surface area contributed by atoms with E-state index in [1.807, 2.05) is 24.4 Å². The van der Waals surface area contributed by atoms with Gasteiger partial charge in [-0.3, -0.25) is 4.98 Å². The monoisotopic (exact) mass is 271 g/mol. The highest BCUT2D eigenvalue weighted by atomic mass is 14.7. The van der Waals surface area contributed by atoms with Crippen molar-refractivity contribution in [2.24, 2.45) is 0 Å². The first-order valence-corrected chi connectivity index (χ1v) is 7.08. The van der Waals surface area contributed by atoms with Crippen molar-refractivity contribution in [3.05, 3.63) is 101 Å². The number of aromatic nitrogens is 1. The van der Waals surface area contributed by atoms with Gasteiger partial charge in [0.1, 0.15) is 0 Å². The highest BCUT2D eigenvalue weighted by Gasteiger charge is 2.06. The van der Waals surface area contributed by atoms with E-state index in [0.717, 1.165) is 11.3 Å². The lowest BCUT2D eigenvalue weighted by atomic mass is 9.98. The summed E-state index contributed by atoms with van der Waals surface area (Å²) in [7, 11) is 0. The van der Waals surface area contributed by atoms with Gasteiger partial charge in [0, 0.05) is 11.8 Å². The Morgan fingerprint density at radius 3 is 2.19 bits per heavy atom. The molecular weight excluding hydrogens is 254 g/mol. The Bertz CT molecular complexity index is 743. The molecule has 0 aliphatic rings. The summed E-state index contributed by atoms with van der Waals surface area (Å²) in [5.74, 6) is 0. The molecule has 1 heterocycles. The molecule has 3 aromatic rings. The first kappa shape index (κ1) is 13.3. The van der Waals surface area contributed by atoms with E-state index in [-0.39, 0.29) is 0 Å². The molecule has 0 aliphatic heterocycles. The highest BCUT2D eigenvalue weighted by Crippen LogP contribution is 2.25. The minimum Gasteiger partial charge on any atom is -0.256 e. The maximum Gasteiger partial charge on any atom is 0.0710 e. The number of pyridine rings is 1. The number of nitrogens with zero attached hydrogens (tertiary/aromatic N) is 1. The lowest BCUT2D eigenvalue weighted by Gasteiger charge is -2.09. The largest absolute Gasteiger partial charge is 0.256 e. The molecule has 2 aromatic carbocycles. The standard InChI is InChI=1S/C20H17N/c1-16-12-13-21-20(14-16)19(18-10-6-3-7-11-18)15-17-8-4-2-5-9-17/h2-15H,1H3. The second-order valence-electron chi connectivity index (χ2n) is 5.05. The van der Waals surface area contributed by atoms with Crippen LogP contribution in [0.25, 0.3) is 11.6 Å². The fourth-order valence-electron chi connectivity index (χ4n) is 2.32. The topological polar surface area (TPSA) is 12.9 Å². The molecule has 1 heteroatoms. The molecule has 0 amide bonds. The Balaban J connectivity index is 2.14. The van der Waals surface area contributed by atoms with E-state index in [0.29, 0.717) is 0 Å². The summed E-state index contributed by atoms with van der Waals surface area (Å²) >= 11 is 0. The van der Waals surface area contributed by atoms with Crippen molar-refractivity contribution in [1.29, 1.82) is 0 Å². The van der Waals surface area contributed by atoms with Crippen LogP contribution in [0.2, 0.25) is 0 Å². The minimum atomic E-state index is 1.00. The lowest BCUT2D eigenvalue weighted by molar-refractivity contribution is 1.24. The van der Waals surface area contributed by atoms with Gasteiger partial charge in [0.2, 0.25) is 0 Å². The third-order valence-corrected chi connectivity index (χ3v) is 3.39. The first-order chi connectivity index (χ1) is 10.3. The summed E-state index contributed by atoms with van der Waals surface area (Å²) in [5, 5.41) is 0. The van der Waals surface area contributed by atoms with Crippen LogP contribution in [0.4, 0.5) is 0 Å². The molecule has 3 rings (SSSR count). The van der Waals surface area contributed by atoms with Crippen LogP contribution in [0.3, 0.4) is 0 Å². The van der Waals surface area contributed by atoms with Gasteiger partial charge < -0.3 is 0 Å². The van der Waals surface area contributed by atoms with Gasteiger partial charge >= 0.3 is 0 Å². The van der Waals surface area contributed by atoms with Crippen LogP contribution in [-0.2, 0) is 0 Å². The molecule has 102 valence electrons. The molecule has 21 heavy (non-hydrogen) atoms. The van der Waals surface area contributed by atoms with E-state index in [1.54, 1.807) is 0 Å². The predicted molar refractivity (Wildman–Crippen MR) is 88.8 cm³/mol. The minimum absolute atomic E-state index is 1.00. The summed E-state index contributed by atoms with van der Waals surface area (Å²) in [5.41, 5.74) is 5.73. The summed E-state index contributed by atoms with van der Waals surface area (Å²) in [6.45, 7) is 2.09. The van der Waals surface area contributed by atoms with Crippen molar-refractivity contribution < 1.29 is 0 Å². The van der Waals surface area contributed by atoms with E-state index in [4.69, 9.17) is 0 Å². The molecule has 0 N–H and O–H groups in total. The number of hydrogen-bond donors (Lipinski definition) is 0. The summed E-state index contributed by atoms with van der Waals surface area (Å²) in [4.78, 5) is 4.54. The van der Waals surface area contributed by atoms with E-state index in [2.05, 4.69) is 72.6 Å². The smallest absolute Gasteiger partial charge is 0.0710 e. The number of rotatable bonds is 3. The van der Waals surface area contributed by atoms with Crippen molar-refractivity contribution in [3.8, 4) is 0 Å². The van der Waals surface area contributed by atoms with E-state index < -0.39 is 0 Å². The van der Waals surface area contributed by atoms with Crippen LogP contribution in [0.5, 0.6) is 0 Å². The zero-order valence-electron chi connectivity index (χ0n) is 12.0. The van der Waals surface area contributed by atoms with E-state index in [9.17, 15) is 0 Å². The van der Waals surface area contributed by atoms with Gasteiger partial charge in [-0.05, 0) is 41.8 Å². The van der Waals surface area contributed by atoms with Gasteiger partial charge in [0.15, 0.2) is 0 Å². The van der Waals surface area contributed by atoms with Crippen LogP contribution in [0, 0.1) is 6.92 Å². The number of hydrogen-bond acceptors (Lipinski definition) is 1. The molecule has 1 nitrogen and oxygen atoms in total. The molecule has 0 radical (unpaired) electrons. The van der Waals surface area contributed by atoms with E-state index >= 15 is 0 Å². The Hall–Kier alpha value is -2.67. The fraction of sp³-hybridized carbons (Fsp3) is 0.0500. The van der Waals surface area contributed by atoms with Crippen molar-refractivity contribution in [3.63, 3.8) is 0 Å². The van der Waals surface area contributed by atoms with Gasteiger partial charge in [-0.25, -0.2) is 0 Å². The Morgan fingerprint density at radius 1 is 0.857 bits per heavy atom. The van der Waals surface area contributed by atoms with Crippen molar-refractivity contribution >= 4 is 11.6 Å². The van der Waals surface area contributed by atoms with Crippen molar-refractivity contribution in [1.82, 2.24) is 4.98 Å². The zero-order valence-corrected chi connectivity index (χ0v) is 12.0. The van der Waals surface area contributed by atoms with Crippen LogP contribution in [-0.4, -0.2) is 4.98 Å².